The number of aliphatic hydroxyl groups excluding tert-OH is 4. The van der Waals surface area contributed by atoms with Crippen molar-refractivity contribution in [2.45, 2.75) is 83.6 Å². The monoisotopic (exact) mass is 502 g/mol. The first-order chi connectivity index (χ1) is 16.3. The Morgan fingerprint density at radius 2 is 1.77 bits per heavy atom. The molecule has 35 heavy (non-hydrogen) atoms. The number of nitrogens with zero attached hydrogens (tertiary/aromatic N) is 2. The Balaban J connectivity index is 2.01. The van der Waals surface area contributed by atoms with E-state index in [1.165, 1.54) is 16.8 Å². The van der Waals surface area contributed by atoms with Gasteiger partial charge in [0.05, 0.1) is 12.7 Å². The van der Waals surface area contributed by atoms with E-state index in [0.29, 0.717) is 5.69 Å². The molecule has 1 aromatic carbocycles. The van der Waals surface area contributed by atoms with Gasteiger partial charge < -0.3 is 39.7 Å². The maximum Gasteiger partial charge on any atom is 0.356 e. The van der Waals surface area contributed by atoms with Crippen molar-refractivity contribution in [3.05, 3.63) is 40.6 Å². The first kappa shape index (κ1) is 27.2. The highest BCUT2D eigenvalue weighted by Crippen LogP contribution is 2.35. The van der Waals surface area contributed by atoms with Crippen molar-refractivity contribution in [2.75, 3.05) is 6.61 Å². The van der Waals surface area contributed by atoms with Crippen molar-refractivity contribution in [2.24, 2.45) is 0 Å². The van der Waals surface area contributed by atoms with Crippen LogP contribution in [0.2, 0.25) is 0 Å². The van der Waals surface area contributed by atoms with E-state index in [4.69, 9.17) is 14.2 Å². The van der Waals surface area contributed by atoms with Gasteiger partial charge in [-0.1, -0.05) is 6.07 Å². The lowest BCUT2D eigenvalue weighted by atomic mass is 9.98. The molecule has 1 aromatic heterocycles. The SMILES string of the molecule is Cc1c(Cc2ccc(OC(C)C)c(F)c2F)c(OC2(O)O[C@H](CO)[C@@H](O)[C@@H](O)[C@H]2O)nn1C(C)C. The van der Waals surface area contributed by atoms with Gasteiger partial charge in [-0.25, -0.2) is 4.39 Å². The lowest BCUT2D eigenvalue weighted by Crippen LogP contribution is -2.67. The van der Waals surface area contributed by atoms with Gasteiger partial charge in [-0.15, -0.1) is 5.10 Å². The summed E-state index contributed by atoms with van der Waals surface area (Å²) in [6.07, 6.45) is -7.80. The lowest BCUT2D eigenvalue weighted by Gasteiger charge is -2.43. The molecule has 10 nitrogen and oxygen atoms in total. The summed E-state index contributed by atoms with van der Waals surface area (Å²) >= 11 is 0. The third-order valence-corrected chi connectivity index (χ3v) is 5.75. The molecule has 3 rings (SSSR count). The number of rotatable bonds is 8. The summed E-state index contributed by atoms with van der Waals surface area (Å²) in [5, 5.41) is 54.9. The van der Waals surface area contributed by atoms with Crippen molar-refractivity contribution >= 4 is 0 Å². The van der Waals surface area contributed by atoms with Crippen LogP contribution in [-0.4, -0.2) is 78.4 Å². The van der Waals surface area contributed by atoms with Crippen LogP contribution >= 0.6 is 0 Å². The average Bonchev–Trinajstić information content (AvgIpc) is 3.09. The fourth-order valence-electron chi connectivity index (χ4n) is 3.91. The zero-order chi connectivity index (χ0) is 26.2. The molecule has 0 spiro atoms. The minimum Gasteiger partial charge on any atom is -0.488 e. The van der Waals surface area contributed by atoms with Gasteiger partial charge in [0.25, 0.3) is 0 Å². The van der Waals surface area contributed by atoms with Crippen molar-refractivity contribution in [1.82, 2.24) is 9.78 Å². The van der Waals surface area contributed by atoms with Gasteiger partial charge >= 0.3 is 5.97 Å². The van der Waals surface area contributed by atoms with Crippen LogP contribution in [0, 0.1) is 18.6 Å². The minimum absolute atomic E-state index is 0.0457. The first-order valence-corrected chi connectivity index (χ1v) is 11.3. The molecule has 196 valence electrons. The third kappa shape index (κ3) is 5.27. The molecule has 0 aliphatic carbocycles. The van der Waals surface area contributed by atoms with E-state index in [1.807, 2.05) is 13.8 Å². The molecule has 5 N–H and O–H groups in total. The van der Waals surface area contributed by atoms with Gasteiger partial charge in [0.2, 0.25) is 11.7 Å². The Kier molecular flexibility index (Phi) is 8.04. The summed E-state index contributed by atoms with van der Waals surface area (Å²) in [5.74, 6) is -5.69. The zero-order valence-corrected chi connectivity index (χ0v) is 20.1. The average molecular weight is 503 g/mol. The topological polar surface area (TPSA) is 147 Å². The lowest BCUT2D eigenvalue weighted by molar-refractivity contribution is -0.423. The number of hydrogen-bond acceptors (Lipinski definition) is 9. The molecule has 1 fully saturated rings. The Morgan fingerprint density at radius 1 is 1.11 bits per heavy atom. The summed E-state index contributed by atoms with van der Waals surface area (Å²) in [6.45, 7) is 7.86. The van der Waals surface area contributed by atoms with E-state index in [1.54, 1.807) is 20.8 Å². The van der Waals surface area contributed by atoms with Gasteiger partial charge in [-0.2, -0.15) is 4.39 Å². The molecule has 1 unspecified atom stereocenters. The van der Waals surface area contributed by atoms with E-state index in [9.17, 15) is 34.3 Å². The van der Waals surface area contributed by atoms with Gasteiger partial charge in [-0.3, -0.25) is 4.68 Å². The van der Waals surface area contributed by atoms with Crippen LogP contribution in [0.15, 0.2) is 12.1 Å². The molecule has 1 aliphatic rings. The molecule has 5 atom stereocenters. The predicted octanol–water partition coefficient (Wildman–Crippen LogP) is 0.927. The van der Waals surface area contributed by atoms with Gasteiger partial charge in [0.1, 0.15) is 18.3 Å². The predicted molar refractivity (Wildman–Crippen MR) is 118 cm³/mol. The fraction of sp³-hybridized carbons (Fsp3) is 0.609. The summed E-state index contributed by atoms with van der Waals surface area (Å²) in [4.78, 5) is 0. The second-order valence-corrected chi connectivity index (χ2v) is 9.10. The number of aromatic nitrogens is 2. The van der Waals surface area contributed by atoms with Gasteiger partial charge in [0.15, 0.2) is 17.7 Å². The summed E-state index contributed by atoms with van der Waals surface area (Å²) in [7, 11) is 0. The standard InChI is InChI=1S/C23H32F2N2O8/c1-10(2)27-12(5)14(8-13-6-7-15(33-11(3)4)18(25)17(13)24)22(26-27)35-23(32)21(31)20(30)19(29)16(9-28)34-23/h6-7,10-11,16,19-21,28-32H,8-9H2,1-5H3/t16-,19-,20-,21-,23?/m1/s1. The maximum atomic E-state index is 14.9. The molecule has 0 amide bonds. The normalized spacial score (nSPS) is 27.0. The third-order valence-electron chi connectivity index (χ3n) is 5.75. The van der Waals surface area contributed by atoms with Crippen LogP contribution in [0.25, 0.3) is 0 Å². The maximum absolute atomic E-state index is 14.9. The van der Waals surface area contributed by atoms with E-state index in [2.05, 4.69) is 5.10 Å². The van der Waals surface area contributed by atoms with E-state index in [0.717, 1.165) is 0 Å². The molecular weight excluding hydrogens is 470 g/mol. The van der Waals surface area contributed by atoms with Crippen molar-refractivity contribution in [1.29, 1.82) is 0 Å². The number of halogens is 2. The Morgan fingerprint density at radius 3 is 2.34 bits per heavy atom. The van der Waals surface area contributed by atoms with Crippen LogP contribution < -0.4 is 9.47 Å². The van der Waals surface area contributed by atoms with Crippen molar-refractivity contribution in [3.63, 3.8) is 0 Å². The largest absolute Gasteiger partial charge is 0.488 e. The Hall–Kier alpha value is -2.35. The van der Waals surface area contributed by atoms with Crippen LogP contribution in [0.1, 0.15) is 50.6 Å². The minimum atomic E-state index is -2.90. The van der Waals surface area contributed by atoms with Crippen molar-refractivity contribution in [3.8, 4) is 11.6 Å². The highest BCUT2D eigenvalue weighted by molar-refractivity contribution is 5.40. The van der Waals surface area contributed by atoms with Gasteiger partial charge in [-0.05, 0) is 46.2 Å². The second kappa shape index (κ2) is 10.3. The number of benzene rings is 1. The van der Waals surface area contributed by atoms with Crippen LogP contribution in [0.3, 0.4) is 0 Å². The number of hydrogen-bond donors (Lipinski definition) is 5. The molecule has 12 heteroatoms. The zero-order valence-electron chi connectivity index (χ0n) is 20.1. The second-order valence-electron chi connectivity index (χ2n) is 9.10. The van der Waals surface area contributed by atoms with E-state index < -0.39 is 48.6 Å². The smallest absolute Gasteiger partial charge is 0.356 e. The molecule has 0 saturated carbocycles. The molecule has 2 heterocycles. The van der Waals surface area contributed by atoms with Crippen LogP contribution in [0.5, 0.6) is 11.6 Å². The highest BCUT2D eigenvalue weighted by atomic mass is 19.2. The van der Waals surface area contributed by atoms with Crippen LogP contribution in [-0.2, 0) is 11.2 Å². The molecular formula is C23H32F2N2O8. The number of ether oxygens (including phenoxy) is 3. The molecule has 0 radical (unpaired) electrons. The number of aliphatic hydroxyl groups is 5. The molecule has 1 saturated heterocycles. The molecule has 2 aromatic rings. The van der Waals surface area contributed by atoms with Crippen LogP contribution in [0.4, 0.5) is 8.78 Å². The highest BCUT2D eigenvalue weighted by Gasteiger charge is 2.55. The molecule has 0 bridgehead atoms. The quantitative estimate of drug-likeness (QED) is 0.333. The Labute approximate surface area is 201 Å². The van der Waals surface area contributed by atoms with E-state index >= 15 is 0 Å². The van der Waals surface area contributed by atoms with E-state index in [-0.39, 0.29) is 41.3 Å². The summed E-state index contributed by atoms with van der Waals surface area (Å²) in [5.41, 5.74) is 0.709. The summed E-state index contributed by atoms with van der Waals surface area (Å²) < 4.78 is 46.9. The fourth-order valence-corrected chi connectivity index (χ4v) is 3.91. The Bertz CT molecular complexity index is 1050. The van der Waals surface area contributed by atoms with Gasteiger partial charge in [0, 0.05) is 23.7 Å². The summed E-state index contributed by atoms with van der Waals surface area (Å²) in [6, 6.07) is 2.47. The van der Waals surface area contributed by atoms with Crippen molar-refractivity contribution < 1.29 is 48.5 Å². The first-order valence-electron chi connectivity index (χ1n) is 11.3. The molecule has 1 aliphatic heterocycles.